The van der Waals surface area contributed by atoms with Gasteiger partial charge in [-0.2, -0.15) is 0 Å². The van der Waals surface area contributed by atoms with Crippen LogP contribution in [0.25, 0.3) is 0 Å². The molecule has 84 valence electrons. The Bertz CT molecular complexity index is 227. The highest BCUT2D eigenvalue weighted by atomic mass is 16.2. The van der Waals surface area contributed by atoms with Crippen molar-refractivity contribution in [2.75, 3.05) is 13.1 Å². The molecule has 1 saturated heterocycles. The van der Waals surface area contributed by atoms with Gasteiger partial charge in [-0.05, 0) is 25.7 Å². The first-order valence-corrected chi connectivity index (χ1v) is 5.87. The van der Waals surface area contributed by atoms with Crippen LogP contribution in [0.4, 0.5) is 4.79 Å². The summed E-state index contributed by atoms with van der Waals surface area (Å²) in [6, 6.07) is -0.190. The fourth-order valence-electron chi connectivity index (χ4n) is 2.39. The Balaban J connectivity index is 1.79. The van der Waals surface area contributed by atoms with Crippen LogP contribution in [0.15, 0.2) is 0 Å². The van der Waals surface area contributed by atoms with Crippen molar-refractivity contribution in [2.45, 2.75) is 38.5 Å². The lowest BCUT2D eigenvalue weighted by Gasteiger charge is -2.17. The Hall–Kier alpha value is -1.06. The first kappa shape index (κ1) is 10.5. The molecule has 0 bridgehead atoms. The van der Waals surface area contributed by atoms with E-state index in [0.29, 0.717) is 0 Å². The maximum Gasteiger partial charge on any atom is 0.324 e. The van der Waals surface area contributed by atoms with Crippen LogP contribution in [0.3, 0.4) is 0 Å². The summed E-state index contributed by atoms with van der Waals surface area (Å²) in [6.07, 6.45) is 6.25. The fourth-order valence-corrected chi connectivity index (χ4v) is 2.39. The molecule has 4 nitrogen and oxygen atoms in total. The second-order valence-corrected chi connectivity index (χ2v) is 4.47. The summed E-state index contributed by atoms with van der Waals surface area (Å²) >= 11 is 0. The molecule has 1 saturated carbocycles. The van der Waals surface area contributed by atoms with E-state index in [0.717, 1.165) is 51.6 Å². The number of likely N-dealkylation sites (tertiary alicyclic amines) is 1. The molecule has 0 aromatic heterocycles. The number of urea groups is 1. The number of nitrogens with one attached hydrogen (secondary N) is 1. The Morgan fingerprint density at radius 1 is 1.00 bits per heavy atom. The zero-order chi connectivity index (χ0) is 10.7. The number of amides is 3. The van der Waals surface area contributed by atoms with Crippen molar-refractivity contribution in [3.8, 4) is 0 Å². The van der Waals surface area contributed by atoms with Gasteiger partial charge in [0.25, 0.3) is 0 Å². The molecule has 3 amide bonds. The molecule has 1 aliphatic heterocycles. The van der Waals surface area contributed by atoms with Crippen LogP contribution in [-0.4, -0.2) is 29.9 Å². The molecule has 1 heterocycles. The summed E-state index contributed by atoms with van der Waals surface area (Å²) in [7, 11) is 0. The summed E-state index contributed by atoms with van der Waals surface area (Å²) in [5, 5.41) is 2.51. The molecule has 1 N–H and O–H groups in total. The zero-order valence-corrected chi connectivity index (χ0v) is 9.00. The predicted molar refractivity (Wildman–Crippen MR) is 56.3 cm³/mol. The summed E-state index contributed by atoms with van der Waals surface area (Å²) in [5.41, 5.74) is 0. The third-order valence-corrected chi connectivity index (χ3v) is 3.35. The van der Waals surface area contributed by atoms with Crippen LogP contribution in [0.2, 0.25) is 0 Å². The van der Waals surface area contributed by atoms with Gasteiger partial charge in [-0.1, -0.05) is 12.8 Å². The molecular weight excluding hydrogens is 192 g/mol. The summed E-state index contributed by atoms with van der Waals surface area (Å²) in [5.74, 6) is 0.0148. The van der Waals surface area contributed by atoms with E-state index in [1.165, 1.54) is 0 Å². The van der Waals surface area contributed by atoms with E-state index in [2.05, 4.69) is 5.32 Å². The number of hydrogen-bond acceptors (Lipinski definition) is 2. The molecule has 0 aromatic rings. The van der Waals surface area contributed by atoms with Gasteiger partial charge in [0.15, 0.2) is 0 Å². The highest BCUT2D eigenvalue weighted by Gasteiger charge is 2.26. The lowest BCUT2D eigenvalue weighted by Crippen LogP contribution is -2.43. The second-order valence-electron chi connectivity index (χ2n) is 4.47. The average Bonchev–Trinajstić information content (AvgIpc) is 2.91. The molecule has 0 radical (unpaired) electrons. The van der Waals surface area contributed by atoms with Gasteiger partial charge in [0, 0.05) is 19.0 Å². The number of carbonyl (C=O) groups excluding carboxylic acids is 2. The predicted octanol–water partition coefficient (Wildman–Crippen LogP) is 1.51. The SMILES string of the molecule is O=C(NC(=O)N1CCCC1)C1CCCC1. The van der Waals surface area contributed by atoms with Crippen molar-refractivity contribution in [2.24, 2.45) is 5.92 Å². The van der Waals surface area contributed by atoms with E-state index in [-0.39, 0.29) is 17.9 Å². The fraction of sp³-hybridized carbons (Fsp3) is 0.818. The lowest BCUT2D eigenvalue weighted by molar-refractivity contribution is -0.123. The Labute approximate surface area is 90.0 Å². The molecule has 0 aromatic carbocycles. The first-order chi connectivity index (χ1) is 7.27. The van der Waals surface area contributed by atoms with Gasteiger partial charge in [-0.15, -0.1) is 0 Å². The molecule has 0 atom stereocenters. The molecular formula is C11H18N2O2. The number of imide groups is 1. The third kappa shape index (κ3) is 2.49. The second kappa shape index (κ2) is 4.64. The van der Waals surface area contributed by atoms with Gasteiger partial charge in [0.2, 0.25) is 5.91 Å². The Morgan fingerprint density at radius 3 is 2.20 bits per heavy atom. The van der Waals surface area contributed by atoms with E-state index in [1.54, 1.807) is 4.90 Å². The number of carbonyl (C=O) groups is 2. The van der Waals surface area contributed by atoms with Gasteiger partial charge in [-0.3, -0.25) is 10.1 Å². The van der Waals surface area contributed by atoms with E-state index < -0.39 is 0 Å². The van der Waals surface area contributed by atoms with Crippen molar-refractivity contribution in [1.29, 1.82) is 0 Å². The van der Waals surface area contributed by atoms with Crippen molar-refractivity contribution in [3.63, 3.8) is 0 Å². The smallest absolute Gasteiger partial charge is 0.324 e. The molecule has 2 aliphatic rings. The normalized spacial score (nSPS) is 22.0. The van der Waals surface area contributed by atoms with E-state index in [1.807, 2.05) is 0 Å². The van der Waals surface area contributed by atoms with Crippen molar-refractivity contribution >= 4 is 11.9 Å². The molecule has 0 unspecified atom stereocenters. The van der Waals surface area contributed by atoms with Crippen molar-refractivity contribution in [3.05, 3.63) is 0 Å². The first-order valence-electron chi connectivity index (χ1n) is 5.87. The highest BCUT2D eigenvalue weighted by molar-refractivity contribution is 5.95. The lowest BCUT2D eigenvalue weighted by atomic mass is 10.1. The maximum atomic E-state index is 11.7. The van der Waals surface area contributed by atoms with Gasteiger partial charge >= 0.3 is 6.03 Å². The van der Waals surface area contributed by atoms with Crippen LogP contribution in [-0.2, 0) is 4.79 Å². The number of rotatable bonds is 1. The standard InChI is InChI=1S/C11H18N2O2/c14-10(9-5-1-2-6-9)12-11(15)13-7-3-4-8-13/h9H,1-8H2,(H,12,14,15). The quantitative estimate of drug-likeness (QED) is 0.713. The molecule has 15 heavy (non-hydrogen) atoms. The average molecular weight is 210 g/mol. The van der Waals surface area contributed by atoms with Crippen molar-refractivity contribution in [1.82, 2.24) is 10.2 Å². The van der Waals surface area contributed by atoms with Crippen LogP contribution >= 0.6 is 0 Å². The number of nitrogens with zero attached hydrogens (tertiary/aromatic N) is 1. The molecule has 2 rings (SSSR count). The van der Waals surface area contributed by atoms with Crippen LogP contribution in [0, 0.1) is 5.92 Å². The minimum absolute atomic E-state index is 0.0654. The van der Waals surface area contributed by atoms with Gasteiger partial charge < -0.3 is 4.90 Å². The van der Waals surface area contributed by atoms with Crippen LogP contribution in [0.1, 0.15) is 38.5 Å². The Morgan fingerprint density at radius 2 is 1.60 bits per heavy atom. The van der Waals surface area contributed by atoms with Crippen LogP contribution in [0.5, 0.6) is 0 Å². The highest BCUT2D eigenvalue weighted by Crippen LogP contribution is 2.24. The van der Waals surface area contributed by atoms with Gasteiger partial charge in [0.1, 0.15) is 0 Å². The molecule has 2 fully saturated rings. The summed E-state index contributed by atoms with van der Waals surface area (Å²) in [4.78, 5) is 25.0. The molecule has 4 heteroatoms. The summed E-state index contributed by atoms with van der Waals surface area (Å²) in [6.45, 7) is 1.59. The van der Waals surface area contributed by atoms with Gasteiger partial charge in [-0.25, -0.2) is 4.79 Å². The molecule has 0 spiro atoms. The zero-order valence-electron chi connectivity index (χ0n) is 9.00. The summed E-state index contributed by atoms with van der Waals surface area (Å²) < 4.78 is 0. The topological polar surface area (TPSA) is 49.4 Å². The van der Waals surface area contributed by atoms with Crippen LogP contribution < -0.4 is 5.32 Å². The minimum atomic E-state index is -0.190. The monoisotopic (exact) mass is 210 g/mol. The Kier molecular flexibility index (Phi) is 3.23. The maximum absolute atomic E-state index is 11.7. The largest absolute Gasteiger partial charge is 0.324 e. The number of hydrogen-bond donors (Lipinski definition) is 1. The van der Waals surface area contributed by atoms with E-state index in [4.69, 9.17) is 0 Å². The van der Waals surface area contributed by atoms with E-state index >= 15 is 0 Å². The van der Waals surface area contributed by atoms with E-state index in [9.17, 15) is 9.59 Å². The third-order valence-electron chi connectivity index (χ3n) is 3.35. The molecule has 1 aliphatic carbocycles. The minimum Gasteiger partial charge on any atom is -0.324 e. The van der Waals surface area contributed by atoms with Crippen molar-refractivity contribution < 1.29 is 9.59 Å². The van der Waals surface area contributed by atoms with Gasteiger partial charge in [0.05, 0.1) is 0 Å².